The topological polar surface area (TPSA) is 91.8 Å². The van der Waals surface area contributed by atoms with E-state index in [0.717, 1.165) is 4.90 Å². The number of imide groups is 1. The minimum absolute atomic E-state index is 0.224. The maximum atomic E-state index is 12.3. The van der Waals surface area contributed by atoms with Crippen LogP contribution in [0.1, 0.15) is 17.4 Å². The molecule has 1 N–H and O–H groups in total. The Labute approximate surface area is 150 Å². The number of carbonyl (C=O) groups is 3. The Hall–Kier alpha value is -3.42. The third kappa shape index (κ3) is 3.08. The predicted molar refractivity (Wildman–Crippen MR) is 94.3 cm³/mol. The molecule has 3 rings (SSSR count). The SMILES string of the molecule is CNC(=O)c1cc(Oc2cccc(N3C(=O)C(C)N(C)C3=O)c2)ccn1. The Morgan fingerprint density at radius 3 is 2.58 bits per heavy atom. The molecule has 0 bridgehead atoms. The van der Waals surface area contributed by atoms with Crippen LogP contribution in [-0.4, -0.2) is 47.9 Å². The molecule has 1 fully saturated rings. The second kappa shape index (κ2) is 6.83. The molecule has 2 heterocycles. The molecule has 26 heavy (non-hydrogen) atoms. The van der Waals surface area contributed by atoms with Crippen molar-refractivity contribution in [3.05, 3.63) is 48.3 Å². The maximum absolute atomic E-state index is 12.3. The lowest BCUT2D eigenvalue weighted by atomic mass is 10.2. The number of nitrogens with one attached hydrogen (secondary N) is 1. The Kier molecular flexibility index (Phi) is 4.57. The number of ether oxygens (including phenoxy) is 1. The minimum Gasteiger partial charge on any atom is -0.457 e. The molecule has 134 valence electrons. The van der Waals surface area contributed by atoms with Crippen molar-refractivity contribution in [1.29, 1.82) is 0 Å². The summed E-state index contributed by atoms with van der Waals surface area (Å²) in [6, 6.07) is 8.87. The first-order valence-corrected chi connectivity index (χ1v) is 7.99. The molecule has 0 spiro atoms. The van der Waals surface area contributed by atoms with Crippen LogP contribution in [0.25, 0.3) is 0 Å². The number of rotatable bonds is 4. The molecular formula is C18H18N4O4. The average Bonchev–Trinajstić information content (AvgIpc) is 2.84. The average molecular weight is 354 g/mol. The van der Waals surface area contributed by atoms with Gasteiger partial charge in [0.25, 0.3) is 11.8 Å². The summed E-state index contributed by atoms with van der Waals surface area (Å²) in [5.74, 6) is 0.231. The van der Waals surface area contributed by atoms with Gasteiger partial charge in [-0.2, -0.15) is 0 Å². The van der Waals surface area contributed by atoms with Crippen LogP contribution in [0, 0.1) is 0 Å². The summed E-state index contributed by atoms with van der Waals surface area (Å²) in [6.07, 6.45) is 1.47. The van der Waals surface area contributed by atoms with Crippen molar-refractivity contribution in [2.24, 2.45) is 0 Å². The Balaban J connectivity index is 1.86. The Morgan fingerprint density at radius 1 is 1.19 bits per heavy atom. The molecule has 0 radical (unpaired) electrons. The van der Waals surface area contributed by atoms with Gasteiger partial charge in [0.15, 0.2) is 0 Å². The number of hydrogen-bond acceptors (Lipinski definition) is 5. The summed E-state index contributed by atoms with van der Waals surface area (Å²) in [7, 11) is 3.10. The van der Waals surface area contributed by atoms with E-state index < -0.39 is 6.04 Å². The fraction of sp³-hybridized carbons (Fsp3) is 0.222. The fourth-order valence-corrected chi connectivity index (χ4v) is 2.56. The standard InChI is InChI=1S/C18H18N4O4/c1-11-17(24)22(18(25)21(11)3)12-5-4-6-13(9-12)26-14-7-8-20-15(10-14)16(23)19-2/h4-11H,1-3H3,(H,19,23). The number of aromatic nitrogens is 1. The number of benzene rings is 1. The van der Waals surface area contributed by atoms with E-state index >= 15 is 0 Å². The van der Waals surface area contributed by atoms with Gasteiger partial charge in [0, 0.05) is 32.4 Å². The van der Waals surface area contributed by atoms with E-state index in [-0.39, 0.29) is 23.5 Å². The van der Waals surface area contributed by atoms with Gasteiger partial charge in [0.2, 0.25) is 0 Å². The van der Waals surface area contributed by atoms with Gasteiger partial charge in [0.05, 0.1) is 5.69 Å². The molecular weight excluding hydrogens is 336 g/mol. The van der Waals surface area contributed by atoms with Crippen molar-refractivity contribution in [3.63, 3.8) is 0 Å². The van der Waals surface area contributed by atoms with Gasteiger partial charge in [-0.25, -0.2) is 9.69 Å². The van der Waals surface area contributed by atoms with Crippen LogP contribution < -0.4 is 15.0 Å². The van der Waals surface area contributed by atoms with Gasteiger partial charge >= 0.3 is 6.03 Å². The normalized spacial score (nSPS) is 16.8. The highest BCUT2D eigenvalue weighted by molar-refractivity contribution is 6.21. The van der Waals surface area contributed by atoms with Crippen LogP contribution in [0.4, 0.5) is 10.5 Å². The molecule has 8 heteroatoms. The maximum Gasteiger partial charge on any atom is 0.331 e. The zero-order valence-corrected chi connectivity index (χ0v) is 14.6. The summed E-state index contributed by atoms with van der Waals surface area (Å²) in [5, 5.41) is 2.49. The second-order valence-corrected chi connectivity index (χ2v) is 5.80. The van der Waals surface area contributed by atoms with Crippen molar-refractivity contribution < 1.29 is 19.1 Å². The molecule has 1 aliphatic rings. The number of urea groups is 1. The van der Waals surface area contributed by atoms with Crippen molar-refractivity contribution in [3.8, 4) is 11.5 Å². The summed E-state index contributed by atoms with van der Waals surface area (Å²) in [5.41, 5.74) is 0.649. The number of carbonyl (C=O) groups excluding carboxylic acids is 3. The summed E-state index contributed by atoms with van der Waals surface area (Å²) >= 11 is 0. The molecule has 1 atom stereocenters. The van der Waals surface area contributed by atoms with E-state index in [2.05, 4.69) is 10.3 Å². The molecule has 0 aliphatic carbocycles. The smallest absolute Gasteiger partial charge is 0.331 e. The number of pyridine rings is 1. The Bertz CT molecular complexity index is 863. The van der Waals surface area contributed by atoms with Crippen LogP contribution in [0.5, 0.6) is 11.5 Å². The van der Waals surface area contributed by atoms with Crippen LogP contribution in [0.15, 0.2) is 42.6 Å². The minimum atomic E-state index is -0.512. The molecule has 1 unspecified atom stereocenters. The third-order valence-electron chi connectivity index (χ3n) is 4.15. The summed E-state index contributed by atoms with van der Waals surface area (Å²) < 4.78 is 5.76. The molecule has 1 aromatic heterocycles. The summed E-state index contributed by atoms with van der Waals surface area (Å²) in [4.78, 5) is 42.8. The molecule has 1 aromatic carbocycles. The van der Waals surface area contributed by atoms with Gasteiger partial charge in [0.1, 0.15) is 23.2 Å². The molecule has 0 saturated carbocycles. The van der Waals surface area contributed by atoms with Crippen molar-refractivity contribution in [2.45, 2.75) is 13.0 Å². The highest BCUT2D eigenvalue weighted by Crippen LogP contribution is 2.29. The lowest BCUT2D eigenvalue weighted by molar-refractivity contribution is -0.119. The quantitative estimate of drug-likeness (QED) is 0.848. The summed E-state index contributed by atoms with van der Waals surface area (Å²) in [6.45, 7) is 1.68. The van der Waals surface area contributed by atoms with Crippen LogP contribution in [0.3, 0.4) is 0 Å². The first kappa shape index (κ1) is 17.4. The van der Waals surface area contributed by atoms with Gasteiger partial charge in [-0.1, -0.05) is 6.07 Å². The van der Waals surface area contributed by atoms with E-state index in [1.165, 1.54) is 24.2 Å². The largest absolute Gasteiger partial charge is 0.457 e. The number of amides is 4. The lowest BCUT2D eigenvalue weighted by Crippen LogP contribution is -2.31. The zero-order valence-electron chi connectivity index (χ0n) is 14.6. The monoisotopic (exact) mass is 354 g/mol. The van der Waals surface area contributed by atoms with E-state index in [4.69, 9.17) is 4.74 Å². The van der Waals surface area contributed by atoms with Crippen LogP contribution in [-0.2, 0) is 4.79 Å². The second-order valence-electron chi connectivity index (χ2n) is 5.80. The molecule has 1 saturated heterocycles. The highest BCUT2D eigenvalue weighted by atomic mass is 16.5. The van der Waals surface area contributed by atoms with Crippen molar-refractivity contribution in [2.75, 3.05) is 19.0 Å². The van der Waals surface area contributed by atoms with E-state index in [1.54, 1.807) is 44.3 Å². The zero-order chi connectivity index (χ0) is 18.8. The van der Waals surface area contributed by atoms with Gasteiger partial charge in [-0.3, -0.25) is 14.6 Å². The molecule has 2 aromatic rings. The van der Waals surface area contributed by atoms with Gasteiger partial charge in [-0.15, -0.1) is 0 Å². The van der Waals surface area contributed by atoms with Crippen molar-refractivity contribution >= 4 is 23.5 Å². The van der Waals surface area contributed by atoms with Crippen molar-refractivity contribution in [1.82, 2.24) is 15.2 Å². The first-order chi connectivity index (χ1) is 12.4. The Morgan fingerprint density at radius 2 is 1.92 bits per heavy atom. The van der Waals surface area contributed by atoms with E-state index in [1.807, 2.05) is 0 Å². The predicted octanol–water partition coefficient (Wildman–Crippen LogP) is 2.02. The number of anilines is 1. The van der Waals surface area contributed by atoms with Crippen LogP contribution >= 0.6 is 0 Å². The fourth-order valence-electron chi connectivity index (χ4n) is 2.56. The van der Waals surface area contributed by atoms with Crippen LogP contribution in [0.2, 0.25) is 0 Å². The molecule has 1 aliphatic heterocycles. The van der Waals surface area contributed by atoms with Gasteiger partial charge in [-0.05, 0) is 25.1 Å². The van der Waals surface area contributed by atoms with E-state index in [9.17, 15) is 14.4 Å². The van der Waals surface area contributed by atoms with E-state index in [0.29, 0.717) is 17.2 Å². The van der Waals surface area contributed by atoms with Gasteiger partial charge < -0.3 is 15.0 Å². The number of nitrogens with zero attached hydrogens (tertiary/aromatic N) is 3. The third-order valence-corrected chi connectivity index (χ3v) is 4.15. The molecule has 8 nitrogen and oxygen atoms in total. The first-order valence-electron chi connectivity index (χ1n) is 7.99. The highest BCUT2D eigenvalue weighted by Gasteiger charge is 2.41. The molecule has 4 amide bonds. The number of likely N-dealkylation sites (N-methyl/N-ethyl adjacent to an activating group) is 1. The number of hydrogen-bond donors (Lipinski definition) is 1. The lowest BCUT2D eigenvalue weighted by Gasteiger charge is -2.15.